The number of H-pyrrole nitrogens is 1. The SMILES string of the molecule is O=C(NCCSCc1ccccc1F)c1cc(S(=O)(=O)N2CCOCC2)c[nH]1. The zero-order valence-corrected chi connectivity index (χ0v) is 16.8. The third kappa shape index (κ3) is 5.13. The van der Waals surface area contributed by atoms with Crippen LogP contribution in [0, 0.1) is 5.82 Å². The molecule has 0 bridgehead atoms. The average Bonchev–Trinajstić information content (AvgIpc) is 3.21. The maximum absolute atomic E-state index is 13.5. The number of hydrogen-bond acceptors (Lipinski definition) is 5. The molecule has 28 heavy (non-hydrogen) atoms. The largest absolute Gasteiger partial charge is 0.379 e. The lowest BCUT2D eigenvalue weighted by atomic mass is 10.2. The van der Waals surface area contributed by atoms with Gasteiger partial charge in [-0.05, 0) is 17.7 Å². The Bertz CT molecular complexity index is 911. The molecule has 0 aliphatic carbocycles. The summed E-state index contributed by atoms with van der Waals surface area (Å²) in [6.07, 6.45) is 1.33. The molecule has 1 aromatic carbocycles. The molecule has 3 rings (SSSR count). The molecule has 1 saturated heterocycles. The first-order chi connectivity index (χ1) is 13.5. The molecular weight excluding hydrogens is 405 g/mol. The highest BCUT2D eigenvalue weighted by atomic mass is 32.2. The van der Waals surface area contributed by atoms with E-state index in [2.05, 4.69) is 10.3 Å². The number of sulfonamides is 1. The van der Waals surface area contributed by atoms with Crippen LogP contribution < -0.4 is 5.32 Å². The maximum atomic E-state index is 13.5. The van der Waals surface area contributed by atoms with Crippen molar-refractivity contribution in [2.24, 2.45) is 0 Å². The Labute approximate surface area is 167 Å². The number of ether oxygens (including phenoxy) is 1. The van der Waals surface area contributed by atoms with Gasteiger partial charge in [-0.2, -0.15) is 16.1 Å². The monoisotopic (exact) mass is 427 g/mol. The van der Waals surface area contributed by atoms with Gasteiger partial charge in [0.05, 0.1) is 13.2 Å². The lowest BCUT2D eigenvalue weighted by molar-refractivity contribution is 0.0730. The number of nitrogens with zero attached hydrogens (tertiary/aromatic N) is 1. The number of amides is 1. The molecule has 7 nitrogen and oxygen atoms in total. The minimum absolute atomic E-state index is 0.0634. The summed E-state index contributed by atoms with van der Waals surface area (Å²) in [7, 11) is -3.64. The van der Waals surface area contributed by atoms with Crippen molar-refractivity contribution in [2.75, 3.05) is 38.6 Å². The van der Waals surface area contributed by atoms with E-state index >= 15 is 0 Å². The molecule has 1 fully saturated rings. The summed E-state index contributed by atoms with van der Waals surface area (Å²) in [5.74, 6) is 0.515. The van der Waals surface area contributed by atoms with Gasteiger partial charge >= 0.3 is 0 Å². The summed E-state index contributed by atoms with van der Waals surface area (Å²) in [5, 5.41) is 2.73. The lowest BCUT2D eigenvalue weighted by Crippen LogP contribution is -2.40. The number of carbonyl (C=O) groups excluding carboxylic acids is 1. The standard InChI is InChI=1S/C18H22FN3O4S2/c19-16-4-2-1-3-14(16)13-27-10-5-20-18(23)17-11-15(12-21-17)28(24,25)22-6-8-26-9-7-22/h1-4,11-12,21H,5-10,13H2,(H,20,23). The third-order valence-corrected chi connectivity index (χ3v) is 7.14. The van der Waals surface area contributed by atoms with Crippen LogP contribution in [0.25, 0.3) is 0 Å². The normalized spacial score (nSPS) is 15.5. The van der Waals surface area contributed by atoms with Gasteiger partial charge in [-0.25, -0.2) is 12.8 Å². The first-order valence-corrected chi connectivity index (χ1v) is 11.4. The number of halogens is 1. The average molecular weight is 428 g/mol. The second kappa shape index (κ2) is 9.55. The molecule has 1 aromatic heterocycles. The van der Waals surface area contributed by atoms with Crippen LogP contribution in [0.1, 0.15) is 16.1 Å². The zero-order valence-electron chi connectivity index (χ0n) is 15.2. The van der Waals surface area contributed by atoms with Gasteiger partial charge in [0.2, 0.25) is 10.0 Å². The van der Waals surface area contributed by atoms with Crippen LogP contribution in [0.2, 0.25) is 0 Å². The van der Waals surface area contributed by atoms with E-state index in [9.17, 15) is 17.6 Å². The van der Waals surface area contributed by atoms with E-state index in [1.165, 1.54) is 34.4 Å². The zero-order chi connectivity index (χ0) is 20.0. The molecule has 0 radical (unpaired) electrons. The van der Waals surface area contributed by atoms with Gasteiger partial charge in [0.25, 0.3) is 5.91 Å². The molecule has 0 unspecified atom stereocenters. The van der Waals surface area contributed by atoms with Gasteiger partial charge in [-0.15, -0.1) is 0 Å². The fourth-order valence-electron chi connectivity index (χ4n) is 2.72. The number of aromatic amines is 1. The van der Waals surface area contributed by atoms with E-state index in [-0.39, 0.29) is 22.3 Å². The van der Waals surface area contributed by atoms with Crippen LogP contribution in [-0.4, -0.2) is 62.2 Å². The van der Waals surface area contributed by atoms with Crippen molar-refractivity contribution < 1.29 is 22.3 Å². The van der Waals surface area contributed by atoms with E-state index in [0.717, 1.165) is 0 Å². The third-order valence-electron chi connectivity index (χ3n) is 4.26. The van der Waals surface area contributed by atoms with Crippen LogP contribution in [0.5, 0.6) is 0 Å². The van der Waals surface area contributed by atoms with Gasteiger partial charge in [0.15, 0.2) is 0 Å². The molecule has 2 heterocycles. The van der Waals surface area contributed by atoms with Crippen molar-refractivity contribution in [3.05, 3.63) is 53.6 Å². The summed E-state index contributed by atoms with van der Waals surface area (Å²) in [5.41, 5.74) is 0.812. The summed E-state index contributed by atoms with van der Waals surface area (Å²) in [4.78, 5) is 15.0. The van der Waals surface area contributed by atoms with E-state index in [1.807, 2.05) is 0 Å². The molecule has 10 heteroatoms. The molecule has 2 N–H and O–H groups in total. The molecule has 0 atom stereocenters. The van der Waals surface area contributed by atoms with Crippen LogP contribution >= 0.6 is 11.8 Å². The Morgan fingerprint density at radius 2 is 2.04 bits per heavy atom. The Hall–Kier alpha value is -1.88. The van der Waals surface area contributed by atoms with Gasteiger partial charge in [0.1, 0.15) is 16.4 Å². The fourth-order valence-corrected chi connectivity index (χ4v) is 4.97. The summed E-state index contributed by atoms with van der Waals surface area (Å²) in [6, 6.07) is 7.93. The number of nitrogens with one attached hydrogen (secondary N) is 2. The summed E-state index contributed by atoms with van der Waals surface area (Å²) >= 11 is 1.51. The highest BCUT2D eigenvalue weighted by molar-refractivity contribution is 7.98. The van der Waals surface area contributed by atoms with Gasteiger partial charge in [-0.1, -0.05) is 18.2 Å². The van der Waals surface area contributed by atoms with Crippen LogP contribution in [0.4, 0.5) is 4.39 Å². The number of carbonyl (C=O) groups is 1. The van der Waals surface area contributed by atoms with E-state index in [1.54, 1.807) is 18.2 Å². The molecular formula is C18H22FN3O4S2. The molecule has 1 aliphatic heterocycles. The van der Waals surface area contributed by atoms with Crippen molar-refractivity contribution in [1.82, 2.24) is 14.6 Å². The topological polar surface area (TPSA) is 91.5 Å². The number of hydrogen-bond donors (Lipinski definition) is 2. The lowest BCUT2D eigenvalue weighted by Gasteiger charge is -2.25. The number of benzene rings is 1. The van der Waals surface area contributed by atoms with E-state index in [0.29, 0.717) is 49.9 Å². The van der Waals surface area contributed by atoms with Crippen molar-refractivity contribution >= 4 is 27.7 Å². The van der Waals surface area contributed by atoms with E-state index in [4.69, 9.17) is 4.74 Å². The van der Waals surface area contributed by atoms with Crippen molar-refractivity contribution in [1.29, 1.82) is 0 Å². The Morgan fingerprint density at radius 1 is 1.29 bits per heavy atom. The van der Waals surface area contributed by atoms with Crippen molar-refractivity contribution in [2.45, 2.75) is 10.6 Å². The molecule has 152 valence electrons. The highest BCUT2D eigenvalue weighted by Gasteiger charge is 2.27. The second-order valence-electron chi connectivity index (χ2n) is 6.17. The number of aromatic nitrogens is 1. The number of thioether (sulfide) groups is 1. The number of morpholine rings is 1. The molecule has 0 saturated carbocycles. The Kier molecular flexibility index (Phi) is 7.11. The first-order valence-electron chi connectivity index (χ1n) is 8.84. The quantitative estimate of drug-likeness (QED) is 0.628. The van der Waals surface area contributed by atoms with E-state index < -0.39 is 10.0 Å². The predicted molar refractivity (Wildman–Crippen MR) is 105 cm³/mol. The van der Waals surface area contributed by atoms with Crippen molar-refractivity contribution in [3.63, 3.8) is 0 Å². The maximum Gasteiger partial charge on any atom is 0.267 e. The van der Waals surface area contributed by atoms with Crippen molar-refractivity contribution in [3.8, 4) is 0 Å². The van der Waals surface area contributed by atoms with Gasteiger partial charge in [0, 0.05) is 37.3 Å². The minimum Gasteiger partial charge on any atom is -0.379 e. The fraction of sp³-hybridized carbons (Fsp3) is 0.389. The van der Waals surface area contributed by atoms with Crippen LogP contribution in [-0.2, 0) is 20.5 Å². The molecule has 1 aliphatic rings. The smallest absolute Gasteiger partial charge is 0.267 e. The van der Waals surface area contributed by atoms with Gasteiger partial charge in [-0.3, -0.25) is 4.79 Å². The molecule has 2 aromatic rings. The molecule has 1 amide bonds. The Morgan fingerprint density at radius 3 is 2.79 bits per heavy atom. The number of rotatable bonds is 8. The Balaban J connectivity index is 1.47. The molecule has 0 spiro atoms. The summed E-state index contributed by atoms with van der Waals surface area (Å²) in [6.45, 7) is 1.72. The van der Waals surface area contributed by atoms with Crippen LogP contribution in [0.15, 0.2) is 41.4 Å². The first kappa shape index (κ1) is 20.8. The minimum atomic E-state index is -3.64. The van der Waals surface area contributed by atoms with Gasteiger partial charge < -0.3 is 15.0 Å². The summed E-state index contributed by atoms with van der Waals surface area (Å²) < 4.78 is 45.2. The second-order valence-corrected chi connectivity index (χ2v) is 9.21. The van der Waals surface area contributed by atoms with Crippen LogP contribution in [0.3, 0.4) is 0 Å². The predicted octanol–water partition coefficient (Wildman–Crippen LogP) is 1.84. The highest BCUT2D eigenvalue weighted by Crippen LogP contribution is 2.18.